The van der Waals surface area contributed by atoms with Gasteiger partial charge in [0.15, 0.2) is 0 Å². The van der Waals surface area contributed by atoms with Crippen molar-refractivity contribution in [3.05, 3.63) is 107 Å². The van der Waals surface area contributed by atoms with Gasteiger partial charge in [-0.1, -0.05) is 70.2 Å². The average Bonchev–Trinajstić information content (AvgIpc) is 3.54. The fraction of sp³-hybridized carbons (Fsp3) is 0.182. The Kier molecular flexibility index (Phi) is 5.04. The fourth-order valence-electron chi connectivity index (χ4n) is 5.95. The Morgan fingerprint density at radius 3 is 1.95 bits per heavy atom. The van der Waals surface area contributed by atoms with Gasteiger partial charge in [0, 0.05) is 5.69 Å². The number of aromatic nitrogens is 3. The van der Waals surface area contributed by atoms with Crippen molar-refractivity contribution in [1.82, 2.24) is 14.0 Å². The minimum absolute atomic E-state index is 0.160. The van der Waals surface area contributed by atoms with Gasteiger partial charge in [-0.2, -0.15) is 0 Å². The molecule has 0 aliphatic carbocycles. The predicted molar refractivity (Wildman–Crippen MR) is 155 cm³/mol. The molecular weight excluding hydrogens is 484 g/mol. The second kappa shape index (κ2) is 8.40. The molecule has 0 N–H and O–H groups in total. The molecule has 0 spiro atoms. The molecule has 2 aromatic heterocycles. The van der Waals surface area contributed by atoms with Crippen LogP contribution in [0.5, 0.6) is 0 Å². The second-order valence-electron chi connectivity index (χ2n) is 10.8. The van der Waals surface area contributed by atoms with E-state index in [0.717, 1.165) is 50.3 Å². The van der Waals surface area contributed by atoms with Crippen LogP contribution in [0.15, 0.2) is 84.9 Å². The lowest BCUT2D eigenvalue weighted by atomic mass is 9.92. The standard InChI is InChI=1S/C33H28N4O2/c1-19(2)22-10-9-11-23(20(3)4)30(22)37-31(38)24-17-16-21(18-25(24)32(37)39)35-28-14-7-8-15-29(28)36-27-13-6-5-12-26(27)34-33(35)36/h5-20H,1-4H3. The Hall–Kier alpha value is -4.71. The zero-order valence-electron chi connectivity index (χ0n) is 22.3. The minimum atomic E-state index is -0.284. The van der Waals surface area contributed by atoms with Gasteiger partial charge in [-0.25, -0.2) is 9.88 Å². The van der Waals surface area contributed by atoms with Crippen molar-refractivity contribution in [2.45, 2.75) is 39.5 Å². The summed E-state index contributed by atoms with van der Waals surface area (Å²) < 4.78 is 4.21. The monoisotopic (exact) mass is 512 g/mol. The minimum Gasteiger partial charge on any atom is -0.278 e. The molecule has 0 fully saturated rings. The molecule has 0 saturated carbocycles. The molecule has 7 rings (SSSR count). The van der Waals surface area contributed by atoms with Gasteiger partial charge in [-0.3, -0.25) is 18.6 Å². The average molecular weight is 513 g/mol. The third kappa shape index (κ3) is 3.24. The summed E-state index contributed by atoms with van der Waals surface area (Å²) in [6.45, 7) is 8.37. The third-order valence-corrected chi connectivity index (χ3v) is 7.80. The van der Waals surface area contributed by atoms with E-state index < -0.39 is 0 Å². The first kappa shape index (κ1) is 23.4. The van der Waals surface area contributed by atoms with Crippen molar-refractivity contribution in [1.29, 1.82) is 0 Å². The number of rotatable bonds is 4. The number of imidazole rings is 2. The molecule has 39 heavy (non-hydrogen) atoms. The lowest BCUT2D eigenvalue weighted by Crippen LogP contribution is -2.31. The molecule has 6 nitrogen and oxygen atoms in total. The van der Waals surface area contributed by atoms with Crippen LogP contribution in [0.25, 0.3) is 33.5 Å². The van der Waals surface area contributed by atoms with Gasteiger partial charge in [-0.15, -0.1) is 0 Å². The third-order valence-electron chi connectivity index (χ3n) is 7.80. The Balaban J connectivity index is 1.44. The van der Waals surface area contributed by atoms with Gasteiger partial charge in [0.2, 0.25) is 5.78 Å². The van der Waals surface area contributed by atoms with Crippen LogP contribution in [-0.4, -0.2) is 25.8 Å². The maximum atomic E-state index is 14.0. The van der Waals surface area contributed by atoms with Crippen LogP contribution in [0, 0.1) is 0 Å². The highest BCUT2D eigenvalue weighted by Gasteiger charge is 2.39. The number of benzene rings is 4. The first-order chi connectivity index (χ1) is 18.9. The number of carbonyl (C=O) groups excluding carboxylic acids is 2. The maximum absolute atomic E-state index is 14.0. The highest BCUT2D eigenvalue weighted by molar-refractivity contribution is 6.35. The molecule has 3 heterocycles. The normalized spacial score (nSPS) is 13.6. The summed E-state index contributed by atoms with van der Waals surface area (Å²) >= 11 is 0. The van der Waals surface area contributed by atoms with Crippen LogP contribution in [0.2, 0.25) is 0 Å². The van der Waals surface area contributed by atoms with Crippen LogP contribution in [0.4, 0.5) is 5.69 Å². The van der Waals surface area contributed by atoms with E-state index >= 15 is 0 Å². The molecule has 2 amide bonds. The van der Waals surface area contributed by atoms with Gasteiger partial charge in [0.05, 0.1) is 38.9 Å². The van der Waals surface area contributed by atoms with Crippen LogP contribution >= 0.6 is 0 Å². The quantitative estimate of drug-likeness (QED) is 0.230. The van der Waals surface area contributed by atoms with Gasteiger partial charge in [-0.05, 0) is 65.4 Å². The van der Waals surface area contributed by atoms with Gasteiger partial charge >= 0.3 is 0 Å². The lowest BCUT2D eigenvalue weighted by molar-refractivity contribution is 0.0925. The number of fused-ring (bicyclic) bond motifs is 6. The van der Waals surface area contributed by atoms with Gasteiger partial charge in [0.25, 0.3) is 11.8 Å². The first-order valence-electron chi connectivity index (χ1n) is 13.4. The predicted octanol–water partition coefficient (Wildman–Crippen LogP) is 7.48. The van der Waals surface area contributed by atoms with Crippen molar-refractivity contribution >= 4 is 45.3 Å². The smallest absolute Gasteiger partial charge is 0.266 e. The number of nitrogens with zero attached hydrogens (tertiary/aromatic N) is 4. The van der Waals surface area contributed by atoms with Crippen LogP contribution in [0.3, 0.4) is 0 Å². The van der Waals surface area contributed by atoms with E-state index in [4.69, 9.17) is 4.98 Å². The SMILES string of the molecule is CC(C)c1cccc(C(C)C)c1N1C(=O)c2ccc(-n3c4ccccc4n4c5ccccc5nc34)cc2C1=O. The van der Waals surface area contributed by atoms with Crippen LogP contribution in [-0.2, 0) is 0 Å². The number of imide groups is 1. The molecule has 4 aromatic carbocycles. The molecule has 0 bridgehead atoms. The van der Waals surface area contributed by atoms with E-state index in [1.165, 1.54) is 4.90 Å². The number of para-hydroxylation sites is 5. The number of anilines is 1. The largest absolute Gasteiger partial charge is 0.278 e. The van der Waals surface area contributed by atoms with E-state index in [-0.39, 0.29) is 23.7 Å². The van der Waals surface area contributed by atoms with E-state index in [2.05, 4.69) is 54.9 Å². The zero-order chi connectivity index (χ0) is 27.0. The Morgan fingerprint density at radius 2 is 1.26 bits per heavy atom. The molecule has 0 unspecified atom stereocenters. The molecule has 6 heteroatoms. The maximum Gasteiger partial charge on any atom is 0.266 e. The second-order valence-corrected chi connectivity index (χ2v) is 10.8. The summed E-state index contributed by atoms with van der Waals surface area (Å²) in [6, 6.07) is 27.8. The first-order valence-corrected chi connectivity index (χ1v) is 13.4. The molecule has 6 aromatic rings. The lowest BCUT2D eigenvalue weighted by Gasteiger charge is -2.25. The molecule has 1 aliphatic rings. The Morgan fingerprint density at radius 1 is 0.641 bits per heavy atom. The zero-order valence-corrected chi connectivity index (χ0v) is 22.3. The summed E-state index contributed by atoms with van der Waals surface area (Å²) in [5.41, 5.74) is 8.28. The highest BCUT2D eigenvalue weighted by atomic mass is 16.2. The molecule has 1 aliphatic heterocycles. The van der Waals surface area contributed by atoms with Gasteiger partial charge < -0.3 is 0 Å². The van der Waals surface area contributed by atoms with E-state index in [0.29, 0.717) is 11.1 Å². The summed E-state index contributed by atoms with van der Waals surface area (Å²) in [6.07, 6.45) is 0. The highest BCUT2D eigenvalue weighted by Crippen LogP contribution is 2.40. The molecular formula is C33H28N4O2. The van der Waals surface area contributed by atoms with E-state index in [9.17, 15) is 9.59 Å². The van der Waals surface area contributed by atoms with Crippen LogP contribution < -0.4 is 4.90 Å². The Bertz CT molecular complexity index is 1950. The van der Waals surface area contributed by atoms with E-state index in [1.54, 1.807) is 6.07 Å². The van der Waals surface area contributed by atoms with Crippen molar-refractivity contribution in [2.24, 2.45) is 0 Å². The fourth-order valence-corrected chi connectivity index (χ4v) is 5.95. The summed E-state index contributed by atoms with van der Waals surface area (Å²) in [5, 5.41) is 0. The summed E-state index contributed by atoms with van der Waals surface area (Å²) in [7, 11) is 0. The summed E-state index contributed by atoms with van der Waals surface area (Å²) in [4.78, 5) is 34.1. The number of hydrogen-bond donors (Lipinski definition) is 0. The van der Waals surface area contributed by atoms with Gasteiger partial charge in [0.1, 0.15) is 0 Å². The van der Waals surface area contributed by atoms with E-state index in [1.807, 2.05) is 60.7 Å². The number of amides is 2. The molecule has 192 valence electrons. The van der Waals surface area contributed by atoms with Crippen molar-refractivity contribution in [3.8, 4) is 5.69 Å². The summed E-state index contributed by atoms with van der Waals surface area (Å²) in [5.74, 6) is 0.525. The number of carbonyl (C=O) groups is 2. The van der Waals surface area contributed by atoms with Crippen molar-refractivity contribution < 1.29 is 9.59 Å². The Labute approximate surface area is 226 Å². The van der Waals surface area contributed by atoms with Crippen molar-refractivity contribution in [3.63, 3.8) is 0 Å². The number of hydrogen-bond acceptors (Lipinski definition) is 3. The molecule has 0 radical (unpaired) electrons. The molecule has 0 atom stereocenters. The van der Waals surface area contributed by atoms with Crippen LogP contribution in [0.1, 0.15) is 71.4 Å². The molecule has 0 saturated heterocycles. The topological polar surface area (TPSA) is 59.6 Å². The van der Waals surface area contributed by atoms with Crippen molar-refractivity contribution in [2.75, 3.05) is 4.90 Å².